The Morgan fingerprint density at radius 2 is 1.63 bits per heavy atom. The Kier molecular flexibility index (Phi) is 4.95. The fraction of sp³-hybridized carbons (Fsp3) is 0.0870. The molecule has 0 aliphatic heterocycles. The number of hydrogen-bond donors (Lipinski definition) is 2. The SMILES string of the molecule is O=C(O)Cc1c(-c2cccc(Oc3ccccc3)c2)[nH]c2c(C(F)(F)F)cccc12. The number of alkyl halides is 3. The molecular weight excluding hydrogens is 395 g/mol. The van der Waals surface area contributed by atoms with Crippen LogP contribution in [0.5, 0.6) is 11.5 Å². The van der Waals surface area contributed by atoms with Gasteiger partial charge in [0.05, 0.1) is 23.2 Å². The van der Waals surface area contributed by atoms with Crippen LogP contribution in [0.25, 0.3) is 22.2 Å². The number of rotatable bonds is 5. The van der Waals surface area contributed by atoms with Crippen molar-refractivity contribution in [3.05, 3.63) is 83.9 Å². The van der Waals surface area contributed by atoms with Gasteiger partial charge in [0.25, 0.3) is 0 Å². The number of carboxylic acid groups (broad SMARTS) is 1. The molecule has 1 heterocycles. The van der Waals surface area contributed by atoms with E-state index in [1.165, 1.54) is 12.1 Å². The van der Waals surface area contributed by atoms with Crippen molar-refractivity contribution in [2.75, 3.05) is 0 Å². The number of para-hydroxylation sites is 2. The van der Waals surface area contributed by atoms with Gasteiger partial charge >= 0.3 is 12.1 Å². The first-order valence-electron chi connectivity index (χ1n) is 9.09. The molecule has 0 spiro atoms. The molecule has 4 nitrogen and oxygen atoms in total. The lowest BCUT2D eigenvalue weighted by molar-refractivity contribution is -0.137. The van der Waals surface area contributed by atoms with Gasteiger partial charge in [0.1, 0.15) is 11.5 Å². The predicted octanol–water partition coefficient (Wildman–Crippen LogP) is 6.27. The smallest absolute Gasteiger partial charge is 0.418 e. The number of carbonyl (C=O) groups is 1. The minimum Gasteiger partial charge on any atom is -0.481 e. The van der Waals surface area contributed by atoms with Gasteiger partial charge in [-0.15, -0.1) is 0 Å². The van der Waals surface area contributed by atoms with Gasteiger partial charge in [-0.1, -0.05) is 42.5 Å². The summed E-state index contributed by atoms with van der Waals surface area (Å²) in [4.78, 5) is 14.2. The Balaban J connectivity index is 1.86. The van der Waals surface area contributed by atoms with Crippen molar-refractivity contribution in [3.8, 4) is 22.8 Å². The number of halogens is 3. The van der Waals surface area contributed by atoms with Crippen LogP contribution in [0.4, 0.5) is 13.2 Å². The molecule has 3 aromatic carbocycles. The van der Waals surface area contributed by atoms with Crippen LogP contribution in [-0.4, -0.2) is 16.1 Å². The van der Waals surface area contributed by atoms with Crippen molar-refractivity contribution in [1.82, 2.24) is 4.98 Å². The van der Waals surface area contributed by atoms with Crippen LogP contribution in [0.2, 0.25) is 0 Å². The third-order valence-electron chi connectivity index (χ3n) is 4.68. The minimum atomic E-state index is -4.57. The normalized spacial score (nSPS) is 11.6. The summed E-state index contributed by atoms with van der Waals surface area (Å²) in [7, 11) is 0. The molecule has 0 radical (unpaired) electrons. The van der Waals surface area contributed by atoms with Crippen LogP contribution in [0.1, 0.15) is 11.1 Å². The highest BCUT2D eigenvalue weighted by Crippen LogP contribution is 2.39. The lowest BCUT2D eigenvalue weighted by Crippen LogP contribution is -2.05. The van der Waals surface area contributed by atoms with Crippen molar-refractivity contribution >= 4 is 16.9 Å². The van der Waals surface area contributed by atoms with Crippen molar-refractivity contribution in [1.29, 1.82) is 0 Å². The highest BCUT2D eigenvalue weighted by Gasteiger charge is 2.34. The molecule has 0 aliphatic carbocycles. The van der Waals surface area contributed by atoms with Gasteiger partial charge < -0.3 is 14.8 Å². The Morgan fingerprint density at radius 1 is 0.933 bits per heavy atom. The van der Waals surface area contributed by atoms with Crippen LogP contribution in [0, 0.1) is 0 Å². The second-order valence-electron chi connectivity index (χ2n) is 6.72. The average Bonchev–Trinajstić information content (AvgIpc) is 3.06. The van der Waals surface area contributed by atoms with Crippen molar-refractivity contribution in [2.24, 2.45) is 0 Å². The van der Waals surface area contributed by atoms with Crippen LogP contribution >= 0.6 is 0 Å². The fourth-order valence-electron chi connectivity index (χ4n) is 3.43. The molecule has 4 rings (SSSR count). The molecule has 0 atom stereocenters. The number of fused-ring (bicyclic) bond motifs is 1. The van der Waals surface area contributed by atoms with Gasteiger partial charge in [-0.25, -0.2) is 0 Å². The summed E-state index contributed by atoms with van der Waals surface area (Å²) in [6.45, 7) is 0. The minimum absolute atomic E-state index is 0.134. The molecule has 30 heavy (non-hydrogen) atoms. The lowest BCUT2D eigenvalue weighted by Gasteiger charge is -2.08. The summed E-state index contributed by atoms with van der Waals surface area (Å²) in [6, 6.07) is 19.6. The topological polar surface area (TPSA) is 62.3 Å². The van der Waals surface area contributed by atoms with Crippen molar-refractivity contribution < 1.29 is 27.8 Å². The largest absolute Gasteiger partial charge is 0.481 e. The van der Waals surface area contributed by atoms with E-state index in [1.807, 2.05) is 18.2 Å². The van der Waals surface area contributed by atoms with E-state index in [0.717, 1.165) is 6.07 Å². The predicted molar refractivity (Wildman–Crippen MR) is 107 cm³/mol. The van der Waals surface area contributed by atoms with E-state index in [4.69, 9.17) is 4.74 Å². The van der Waals surface area contributed by atoms with E-state index in [1.54, 1.807) is 36.4 Å². The molecule has 0 saturated carbocycles. The second kappa shape index (κ2) is 7.59. The van der Waals surface area contributed by atoms with E-state index < -0.39 is 24.1 Å². The molecule has 152 valence electrons. The van der Waals surface area contributed by atoms with Crippen molar-refractivity contribution in [3.63, 3.8) is 0 Å². The van der Waals surface area contributed by atoms with Gasteiger partial charge in [-0.05, 0) is 35.9 Å². The zero-order valence-electron chi connectivity index (χ0n) is 15.5. The van der Waals surface area contributed by atoms with Gasteiger partial charge in [0, 0.05) is 10.9 Å². The number of benzene rings is 3. The number of H-pyrrole nitrogens is 1. The fourth-order valence-corrected chi connectivity index (χ4v) is 3.43. The number of ether oxygens (including phenoxy) is 1. The molecule has 1 aromatic heterocycles. The van der Waals surface area contributed by atoms with Gasteiger partial charge in [-0.2, -0.15) is 13.2 Å². The summed E-state index contributed by atoms with van der Waals surface area (Å²) in [5.74, 6) is -0.0441. The zero-order valence-corrected chi connectivity index (χ0v) is 15.5. The first-order chi connectivity index (χ1) is 14.3. The van der Waals surface area contributed by atoms with Gasteiger partial charge in [0.2, 0.25) is 0 Å². The standard InChI is InChI=1S/C23H16F3NO3/c24-23(25,26)19-11-5-10-17-18(13-20(28)29)21(27-22(17)19)14-6-4-9-16(12-14)30-15-7-2-1-3-8-15/h1-12,27H,13H2,(H,28,29). The van der Waals surface area contributed by atoms with E-state index in [-0.39, 0.29) is 10.9 Å². The zero-order chi connectivity index (χ0) is 21.3. The van der Waals surface area contributed by atoms with Gasteiger partial charge in [-0.3, -0.25) is 4.79 Å². The Hall–Kier alpha value is -3.74. The summed E-state index contributed by atoms with van der Waals surface area (Å²) in [6.07, 6.45) is -4.99. The van der Waals surface area contributed by atoms with Crippen LogP contribution in [0.15, 0.2) is 72.8 Å². The van der Waals surface area contributed by atoms with Gasteiger partial charge in [0.15, 0.2) is 0 Å². The third kappa shape index (κ3) is 3.87. The first kappa shape index (κ1) is 19.6. The number of aromatic nitrogens is 1. The summed E-state index contributed by atoms with van der Waals surface area (Å²) >= 11 is 0. The molecule has 0 bridgehead atoms. The summed E-state index contributed by atoms with van der Waals surface area (Å²) in [5.41, 5.74) is 0.173. The number of nitrogens with one attached hydrogen (secondary N) is 1. The van der Waals surface area contributed by atoms with E-state index >= 15 is 0 Å². The lowest BCUT2D eigenvalue weighted by atomic mass is 10.0. The number of hydrogen-bond acceptors (Lipinski definition) is 2. The Morgan fingerprint density at radius 3 is 2.33 bits per heavy atom. The first-order valence-corrected chi connectivity index (χ1v) is 9.09. The van der Waals surface area contributed by atoms with Crippen molar-refractivity contribution in [2.45, 2.75) is 12.6 Å². The molecule has 0 saturated heterocycles. The maximum Gasteiger partial charge on any atom is 0.418 e. The number of aromatic amines is 1. The Bertz CT molecular complexity index is 1210. The number of carboxylic acids is 1. The highest BCUT2D eigenvalue weighted by atomic mass is 19.4. The third-order valence-corrected chi connectivity index (χ3v) is 4.68. The maximum atomic E-state index is 13.5. The molecular formula is C23H16F3NO3. The Labute approximate surface area is 169 Å². The summed E-state index contributed by atoms with van der Waals surface area (Å²) < 4.78 is 46.2. The molecule has 0 aliphatic rings. The number of aliphatic carboxylic acids is 1. The maximum absolute atomic E-state index is 13.5. The highest BCUT2D eigenvalue weighted by molar-refractivity contribution is 5.95. The van der Waals surface area contributed by atoms with E-state index in [9.17, 15) is 23.1 Å². The molecule has 0 unspecified atom stereocenters. The van der Waals surface area contributed by atoms with Crippen LogP contribution < -0.4 is 4.74 Å². The average molecular weight is 411 g/mol. The van der Waals surface area contributed by atoms with E-state index in [2.05, 4.69) is 4.98 Å². The van der Waals surface area contributed by atoms with Crippen LogP contribution in [0.3, 0.4) is 0 Å². The molecule has 4 aromatic rings. The molecule has 0 fully saturated rings. The monoisotopic (exact) mass is 411 g/mol. The summed E-state index contributed by atoms with van der Waals surface area (Å²) in [5, 5.41) is 9.57. The second-order valence-corrected chi connectivity index (χ2v) is 6.72. The molecule has 0 amide bonds. The van der Waals surface area contributed by atoms with Crippen LogP contribution in [-0.2, 0) is 17.4 Å². The molecule has 7 heteroatoms. The quantitative estimate of drug-likeness (QED) is 0.407. The van der Waals surface area contributed by atoms with E-state index in [0.29, 0.717) is 28.3 Å². The molecule has 2 N–H and O–H groups in total.